The average Bonchev–Trinajstić information content (AvgIpc) is 3.00. The van der Waals surface area contributed by atoms with Crippen LogP contribution in [0.2, 0.25) is 0 Å². The standard InChI is InChI=1S/C16H17FN2O5S2/c17-11-3-1-10(2-4-11)7-19-12-8-26(23,24)9-13(12)25-16(19)18-14(20)5-6-15(21)22/h1-4,12-13H,5-9H2,(H,21,22)/p-1/t12-,13-/m1/s1. The third-order valence-electron chi connectivity index (χ3n) is 4.20. The Kier molecular flexibility index (Phi) is 5.33. The number of carbonyl (C=O) groups is 2. The van der Waals surface area contributed by atoms with E-state index in [1.807, 2.05) is 0 Å². The van der Waals surface area contributed by atoms with Crippen molar-refractivity contribution in [2.24, 2.45) is 4.99 Å². The van der Waals surface area contributed by atoms with Crippen LogP contribution in [0.3, 0.4) is 0 Å². The minimum Gasteiger partial charge on any atom is -0.550 e. The van der Waals surface area contributed by atoms with E-state index in [0.29, 0.717) is 5.17 Å². The van der Waals surface area contributed by atoms with Crippen molar-refractivity contribution in [2.45, 2.75) is 30.7 Å². The fourth-order valence-electron chi connectivity index (χ4n) is 2.98. The summed E-state index contributed by atoms with van der Waals surface area (Å²) in [5.74, 6) is -2.32. The summed E-state index contributed by atoms with van der Waals surface area (Å²) in [6.07, 6.45) is -0.691. The summed E-state index contributed by atoms with van der Waals surface area (Å²) >= 11 is 1.22. The van der Waals surface area contributed by atoms with E-state index in [1.54, 1.807) is 17.0 Å². The zero-order valence-corrected chi connectivity index (χ0v) is 15.3. The van der Waals surface area contributed by atoms with Crippen LogP contribution in [-0.2, 0) is 26.0 Å². The second-order valence-corrected chi connectivity index (χ2v) is 9.58. The molecular weight excluding hydrogens is 383 g/mol. The maximum Gasteiger partial charge on any atom is 0.248 e. The van der Waals surface area contributed by atoms with E-state index in [0.717, 1.165) is 5.56 Å². The molecule has 2 fully saturated rings. The van der Waals surface area contributed by atoms with E-state index in [9.17, 15) is 27.5 Å². The van der Waals surface area contributed by atoms with Gasteiger partial charge in [0.1, 0.15) is 5.82 Å². The molecule has 2 aliphatic heterocycles. The lowest BCUT2D eigenvalue weighted by Gasteiger charge is -2.24. The molecule has 0 spiro atoms. The number of aliphatic imine (C=N–C) groups is 1. The summed E-state index contributed by atoms with van der Waals surface area (Å²) in [6, 6.07) is 5.48. The Bertz CT molecular complexity index is 854. The normalized spacial score (nSPS) is 25.4. The van der Waals surface area contributed by atoms with E-state index in [4.69, 9.17) is 0 Å². The molecule has 0 saturated carbocycles. The number of aliphatic carboxylic acids is 1. The molecule has 1 amide bonds. The van der Waals surface area contributed by atoms with Gasteiger partial charge in [0.25, 0.3) is 0 Å². The lowest BCUT2D eigenvalue weighted by Crippen LogP contribution is -2.37. The van der Waals surface area contributed by atoms with Crippen molar-refractivity contribution in [3.05, 3.63) is 35.6 Å². The number of amides is 1. The van der Waals surface area contributed by atoms with Gasteiger partial charge in [-0.1, -0.05) is 23.9 Å². The first-order valence-electron chi connectivity index (χ1n) is 7.93. The minimum absolute atomic E-state index is 0.00844. The molecule has 1 aromatic carbocycles. The second kappa shape index (κ2) is 7.36. The van der Waals surface area contributed by atoms with Gasteiger partial charge in [0.05, 0.1) is 17.5 Å². The molecule has 7 nitrogen and oxygen atoms in total. The van der Waals surface area contributed by atoms with Crippen LogP contribution in [0.4, 0.5) is 4.39 Å². The lowest BCUT2D eigenvalue weighted by molar-refractivity contribution is -0.305. The van der Waals surface area contributed by atoms with Gasteiger partial charge in [-0.3, -0.25) is 4.79 Å². The van der Waals surface area contributed by atoms with Crippen molar-refractivity contribution in [3.8, 4) is 0 Å². The molecule has 0 radical (unpaired) electrons. The maximum absolute atomic E-state index is 13.1. The first-order valence-corrected chi connectivity index (χ1v) is 10.6. The topological polar surface area (TPSA) is 107 Å². The van der Waals surface area contributed by atoms with Gasteiger partial charge in [0.2, 0.25) is 5.91 Å². The van der Waals surface area contributed by atoms with E-state index >= 15 is 0 Å². The van der Waals surface area contributed by atoms with Crippen LogP contribution in [0.1, 0.15) is 18.4 Å². The highest BCUT2D eigenvalue weighted by molar-refractivity contribution is 8.15. The van der Waals surface area contributed by atoms with Crippen molar-refractivity contribution < 1.29 is 27.5 Å². The Hall–Kier alpha value is -1.94. The van der Waals surface area contributed by atoms with Crippen molar-refractivity contribution in [2.75, 3.05) is 11.5 Å². The Balaban J connectivity index is 1.82. The summed E-state index contributed by atoms with van der Waals surface area (Å²) in [4.78, 5) is 28.1. The quantitative estimate of drug-likeness (QED) is 0.683. The predicted octanol–water partition coefficient (Wildman–Crippen LogP) is -0.0472. The zero-order chi connectivity index (χ0) is 18.9. The van der Waals surface area contributed by atoms with Gasteiger partial charge in [-0.15, -0.1) is 0 Å². The van der Waals surface area contributed by atoms with Crippen molar-refractivity contribution >= 4 is 38.6 Å². The van der Waals surface area contributed by atoms with Crippen LogP contribution in [-0.4, -0.2) is 53.2 Å². The number of carboxylic acid groups (broad SMARTS) is 1. The minimum atomic E-state index is -3.16. The number of rotatable bonds is 5. The Morgan fingerprint density at radius 3 is 2.58 bits per heavy atom. The number of fused-ring (bicyclic) bond motifs is 1. The second-order valence-electron chi connectivity index (χ2n) is 6.22. The van der Waals surface area contributed by atoms with Crippen LogP contribution < -0.4 is 5.11 Å². The summed E-state index contributed by atoms with van der Waals surface area (Å²) in [5, 5.41) is 10.6. The van der Waals surface area contributed by atoms with Gasteiger partial charge in [-0.25, -0.2) is 12.8 Å². The Morgan fingerprint density at radius 1 is 1.23 bits per heavy atom. The summed E-state index contributed by atoms with van der Waals surface area (Å²) in [7, 11) is -3.16. The SMILES string of the molecule is O=C([O-])CCC(=O)N=C1S[C@@H]2CS(=O)(=O)C[C@H]2N1Cc1ccc(F)cc1. The fourth-order valence-corrected chi connectivity index (χ4v) is 6.95. The van der Waals surface area contributed by atoms with E-state index in [2.05, 4.69) is 4.99 Å². The van der Waals surface area contributed by atoms with Gasteiger partial charge in [-0.2, -0.15) is 4.99 Å². The number of hydrogen-bond donors (Lipinski definition) is 0. The molecule has 0 aromatic heterocycles. The summed E-state index contributed by atoms with van der Waals surface area (Å²) in [5.41, 5.74) is 0.756. The van der Waals surface area contributed by atoms with Crippen molar-refractivity contribution in [1.29, 1.82) is 0 Å². The molecule has 0 N–H and O–H groups in total. The lowest BCUT2D eigenvalue weighted by atomic mass is 10.1. The molecule has 10 heteroatoms. The van der Waals surface area contributed by atoms with Gasteiger partial charge in [0, 0.05) is 24.2 Å². The molecule has 2 aliphatic rings. The summed E-state index contributed by atoms with van der Waals surface area (Å²) < 4.78 is 36.9. The number of thioether (sulfide) groups is 1. The van der Waals surface area contributed by atoms with Crippen LogP contribution in [0.5, 0.6) is 0 Å². The predicted molar refractivity (Wildman–Crippen MR) is 92.4 cm³/mol. The highest BCUT2D eigenvalue weighted by Crippen LogP contribution is 2.39. The maximum atomic E-state index is 13.1. The molecule has 0 aliphatic carbocycles. The molecule has 0 bridgehead atoms. The van der Waals surface area contributed by atoms with Gasteiger partial charge in [0.15, 0.2) is 15.0 Å². The number of sulfone groups is 1. The number of nitrogens with zero attached hydrogens (tertiary/aromatic N) is 2. The molecule has 2 heterocycles. The van der Waals surface area contributed by atoms with Crippen LogP contribution >= 0.6 is 11.8 Å². The molecule has 2 atom stereocenters. The number of amidine groups is 1. The highest BCUT2D eigenvalue weighted by Gasteiger charge is 2.48. The number of halogens is 1. The first kappa shape index (κ1) is 18.8. The van der Waals surface area contributed by atoms with Crippen LogP contribution in [0.15, 0.2) is 29.3 Å². The number of carboxylic acids is 1. The number of benzene rings is 1. The van der Waals surface area contributed by atoms with Crippen LogP contribution in [0, 0.1) is 5.82 Å². The fraction of sp³-hybridized carbons (Fsp3) is 0.438. The van der Waals surface area contributed by atoms with Crippen molar-refractivity contribution in [3.63, 3.8) is 0 Å². The number of carbonyl (C=O) groups excluding carboxylic acids is 2. The Morgan fingerprint density at radius 2 is 1.92 bits per heavy atom. The molecule has 3 rings (SSSR count). The van der Waals surface area contributed by atoms with E-state index < -0.39 is 28.1 Å². The van der Waals surface area contributed by atoms with Gasteiger partial charge < -0.3 is 14.8 Å². The molecular formula is C16H16FN2O5S2-. The average molecular weight is 399 g/mol. The van der Waals surface area contributed by atoms with E-state index in [1.165, 1.54) is 23.9 Å². The zero-order valence-electron chi connectivity index (χ0n) is 13.6. The molecule has 140 valence electrons. The number of hydrogen-bond acceptors (Lipinski definition) is 6. The van der Waals surface area contributed by atoms with Gasteiger partial charge in [-0.05, 0) is 24.1 Å². The molecule has 1 aromatic rings. The Labute approximate surface area is 154 Å². The first-order chi connectivity index (χ1) is 12.2. The van der Waals surface area contributed by atoms with Crippen LogP contribution in [0.25, 0.3) is 0 Å². The third kappa shape index (κ3) is 4.42. The monoisotopic (exact) mass is 399 g/mol. The summed E-state index contributed by atoms with van der Waals surface area (Å²) in [6.45, 7) is 0.288. The molecule has 0 unspecified atom stereocenters. The van der Waals surface area contributed by atoms with Crippen molar-refractivity contribution in [1.82, 2.24) is 4.90 Å². The van der Waals surface area contributed by atoms with Gasteiger partial charge >= 0.3 is 0 Å². The van der Waals surface area contributed by atoms with E-state index in [-0.39, 0.29) is 41.6 Å². The largest absolute Gasteiger partial charge is 0.550 e. The molecule has 26 heavy (non-hydrogen) atoms. The smallest absolute Gasteiger partial charge is 0.248 e. The highest BCUT2D eigenvalue weighted by atomic mass is 32.2. The molecule has 2 saturated heterocycles. The third-order valence-corrected chi connectivity index (χ3v) is 7.45.